The molecule has 0 saturated carbocycles. The molecule has 0 atom stereocenters. The third-order valence-electron chi connectivity index (χ3n) is 3.93. The van der Waals surface area contributed by atoms with Crippen molar-refractivity contribution in [2.24, 2.45) is 0 Å². The maximum atomic E-state index is 4.96. The van der Waals surface area contributed by atoms with Gasteiger partial charge < -0.3 is 0 Å². The average molecular weight is 471 g/mol. The van der Waals surface area contributed by atoms with Gasteiger partial charge in [-0.15, -0.1) is 0 Å². The van der Waals surface area contributed by atoms with E-state index >= 15 is 0 Å². The number of hydrogen-bond donors (Lipinski definition) is 0. The number of benzene rings is 2. The summed E-state index contributed by atoms with van der Waals surface area (Å²) >= 11 is -0.972. The van der Waals surface area contributed by atoms with Crippen molar-refractivity contribution in [2.45, 2.75) is 27.7 Å². The Kier molecular flexibility index (Phi) is 5.50. The molecule has 2 aromatic rings. The van der Waals surface area contributed by atoms with Crippen LogP contribution in [-0.4, -0.2) is 0 Å². The minimum atomic E-state index is -0.972. The molecule has 3 heteroatoms. The Morgan fingerprint density at radius 2 is 0.950 bits per heavy atom. The second-order valence-corrected chi connectivity index (χ2v) is 10.5. The summed E-state index contributed by atoms with van der Waals surface area (Å²) in [7, 11) is 9.92. The second kappa shape index (κ2) is 6.77. The molecule has 0 saturated heterocycles. The molecule has 103 valence electrons. The van der Waals surface area contributed by atoms with Crippen LogP contribution in [0.4, 0.5) is 0 Å². The fraction of sp³-hybridized carbons (Fsp3) is 0.235. The third-order valence-corrected chi connectivity index (χ3v) is 3.93. The molecule has 0 nitrogen and oxygen atoms in total. The SMILES string of the molecule is Cc1cc2c(cc1C)-c1cc(C)c(C)cc1[CH]2.[Cl][Hf][Cl]. The molecule has 2 aromatic carbocycles. The standard InChI is InChI=1S/C17H17.2ClH.Hf/c1-10-5-14-9-15-6-11(2)13(4)8-17(15)16(14)7-12(10)3;;;/h5-9H,1-4H3;2*1H;/q;;;+2/p-2. The van der Waals surface area contributed by atoms with E-state index in [1.165, 1.54) is 44.5 Å². The summed E-state index contributed by atoms with van der Waals surface area (Å²) in [6.45, 7) is 8.75. The van der Waals surface area contributed by atoms with Crippen LogP contribution in [0.1, 0.15) is 33.4 Å². The summed E-state index contributed by atoms with van der Waals surface area (Å²) < 4.78 is 0. The van der Waals surface area contributed by atoms with Gasteiger partial charge in [-0.3, -0.25) is 0 Å². The van der Waals surface area contributed by atoms with Gasteiger partial charge in [-0.1, -0.05) is 24.3 Å². The Balaban J connectivity index is 0.000000452. The third kappa shape index (κ3) is 3.21. The van der Waals surface area contributed by atoms with Crippen LogP contribution in [0.15, 0.2) is 24.3 Å². The minimum absolute atomic E-state index is 0.972. The van der Waals surface area contributed by atoms with Crippen LogP contribution in [0.25, 0.3) is 11.1 Å². The van der Waals surface area contributed by atoms with Gasteiger partial charge in [-0.2, -0.15) is 0 Å². The van der Waals surface area contributed by atoms with Crippen LogP contribution in [0.3, 0.4) is 0 Å². The first-order valence-electron chi connectivity index (χ1n) is 6.51. The van der Waals surface area contributed by atoms with E-state index in [1.54, 1.807) is 0 Å². The Hall–Kier alpha value is -0.110. The molecule has 0 heterocycles. The number of hydrogen-bond acceptors (Lipinski definition) is 0. The van der Waals surface area contributed by atoms with E-state index in [0.717, 1.165) is 0 Å². The van der Waals surface area contributed by atoms with Gasteiger partial charge >= 0.3 is 37.7 Å². The molecule has 0 unspecified atom stereocenters. The van der Waals surface area contributed by atoms with Crippen LogP contribution in [0.5, 0.6) is 0 Å². The van der Waals surface area contributed by atoms with E-state index in [0.29, 0.717) is 0 Å². The monoisotopic (exact) mass is 471 g/mol. The van der Waals surface area contributed by atoms with Crippen molar-refractivity contribution in [3.8, 4) is 11.1 Å². The van der Waals surface area contributed by atoms with E-state index in [1.807, 2.05) is 0 Å². The molecular formula is C17H17Cl2Hf. The van der Waals surface area contributed by atoms with Gasteiger partial charge in [0.05, 0.1) is 0 Å². The van der Waals surface area contributed by atoms with Gasteiger partial charge in [0, 0.05) is 6.42 Å². The molecule has 0 spiro atoms. The number of aryl methyl sites for hydroxylation is 4. The summed E-state index contributed by atoms with van der Waals surface area (Å²) in [4.78, 5) is 0. The fourth-order valence-corrected chi connectivity index (χ4v) is 2.55. The predicted molar refractivity (Wildman–Crippen MR) is 85.0 cm³/mol. The Bertz CT molecular complexity index is 592. The Morgan fingerprint density at radius 1 is 0.650 bits per heavy atom. The maximum absolute atomic E-state index is 4.96. The molecule has 0 N–H and O–H groups in total. The number of rotatable bonds is 0. The van der Waals surface area contributed by atoms with Gasteiger partial charge in [0.25, 0.3) is 0 Å². The summed E-state index contributed by atoms with van der Waals surface area (Å²) in [6, 6.07) is 9.24. The number of halogens is 2. The van der Waals surface area contributed by atoms with E-state index < -0.39 is 20.5 Å². The Labute approximate surface area is 140 Å². The van der Waals surface area contributed by atoms with Crippen molar-refractivity contribution in [1.82, 2.24) is 0 Å². The van der Waals surface area contributed by atoms with E-state index in [-0.39, 0.29) is 0 Å². The average Bonchev–Trinajstić information content (AvgIpc) is 2.69. The van der Waals surface area contributed by atoms with Gasteiger partial charge in [-0.25, -0.2) is 0 Å². The molecule has 1 aliphatic rings. The van der Waals surface area contributed by atoms with Gasteiger partial charge in [0.15, 0.2) is 0 Å². The normalized spacial score (nSPS) is 11.3. The quantitative estimate of drug-likeness (QED) is 0.360. The van der Waals surface area contributed by atoms with Crippen LogP contribution < -0.4 is 0 Å². The summed E-state index contributed by atoms with van der Waals surface area (Å²) in [5.74, 6) is 0. The van der Waals surface area contributed by atoms with Crippen LogP contribution in [0, 0.1) is 34.1 Å². The van der Waals surface area contributed by atoms with Crippen molar-refractivity contribution >= 4 is 17.2 Å². The molecule has 3 rings (SSSR count). The molecule has 1 aliphatic carbocycles. The first kappa shape index (κ1) is 16.3. The second-order valence-electron chi connectivity index (χ2n) is 5.26. The zero-order valence-corrected chi connectivity index (χ0v) is 17.2. The van der Waals surface area contributed by atoms with Crippen molar-refractivity contribution in [3.05, 3.63) is 64.1 Å². The van der Waals surface area contributed by atoms with Crippen LogP contribution in [-0.2, 0) is 20.5 Å². The first-order chi connectivity index (χ1) is 9.47. The van der Waals surface area contributed by atoms with Gasteiger partial charge in [0.1, 0.15) is 0 Å². The van der Waals surface area contributed by atoms with Gasteiger partial charge in [-0.05, 0) is 72.2 Å². The number of fused-ring (bicyclic) bond motifs is 3. The van der Waals surface area contributed by atoms with E-state index in [9.17, 15) is 0 Å². The molecule has 1 radical (unpaired) electrons. The topological polar surface area (TPSA) is 0 Å². The predicted octanol–water partition coefficient (Wildman–Crippen LogP) is 5.88. The summed E-state index contributed by atoms with van der Waals surface area (Å²) in [5, 5.41) is 0. The van der Waals surface area contributed by atoms with Crippen molar-refractivity contribution < 1.29 is 20.5 Å². The summed E-state index contributed by atoms with van der Waals surface area (Å²) in [5.41, 5.74) is 11.0. The molecule has 0 bridgehead atoms. The van der Waals surface area contributed by atoms with E-state index in [2.05, 4.69) is 58.4 Å². The molecule has 0 fully saturated rings. The van der Waals surface area contributed by atoms with Crippen molar-refractivity contribution in [3.63, 3.8) is 0 Å². The fourth-order valence-electron chi connectivity index (χ4n) is 2.55. The molecule has 0 aliphatic heterocycles. The molecule has 0 aromatic heterocycles. The molecule has 0 amide bonds. The first-order valence-corrected chi connectivity index (χ1v) is 15.4. The zero-order valence-electron chi connectivity index (χ0n) is 12.1. The van der Waals surface area contributed by atoms with Crippen molar-refractivity contribution in [1.29, 1.82) is 0 Å². The van der Waals surface area contributed by atoms with Gasteiger partial charge in [0.2, 0.25) is 0 Å². The van der Waals surface area contributed by atoms with Crippen molar-refractivity contribution in [2.75, 3.05) is 0 Å². The molecular weight excluding hydrogens is 454 g/mol. The zero-order chi connectivity index (χ0) is 14.9. The summed E-state index contributed by atoms with van der Waals surface area (Å²) in [6.07, 6.45) is 2.31. The molecule has 20 heavy (non-hydrogen) atoms. The van der Waals surface area contributed by atoms with Crippen LogP contribution >= 0.6 is 17.2 Å². The van der Waals surface area contributed by atoms with E-state index in [4.69, 9.17) is 17.2 Å². The Morgan fingerprint density at radius 3 is 1.30 bits per heavy atom. The van der Waals surface area contributed by atoms with Crippen LogP contribution in [0.2, 0.25) is 0 Å².